The van der Waals surface area contributed by atoms with Gasteiger partial charge < -0.3 is 4.74 Å². The van der Waals surface area contributed by atoms with E-state index < -0.39 is 11.6 Å². The van der Waals surface area contributed by atoms with Crippen LogP contribution in [0.25, 0.3) is 10.8 Å². The fourth-order valence-corrected chi connectivity index (χ4v) is 3.34. The maximum absolute atomic E-state index is 14.6. The first kappa shape index (κ1) is 22.3. The summed E-state index contributed by atoms with van der Waals surface area (Å²) in [4.78, 5) is 8.46. The molecule has 6 heteroatoms. The van der Waals surface area contributed by atoms with E-state index in [1.165, 1.54) is 24.3 Å². The van der Waals surface area contributed by atoms with Crippen molar-refractivity contribution in [3.63, 3.8) is 0 Å². The molecule has 0 bridgehead atoms. The Hall–Kier alpha value is -3.85. The van der Waals surface area contributed by atoms with Crippen LogP contribution in [0.2, 0.25) is 0 Å². The van der Waals surface area contributed by atoms with E-state index in [-0.39, 0.29) is 11.4 Å². The zero-order valence-corrected chi connectivity index (χ0v) is 18.0. The van der Waals surface area contributed by atoms with Gasteiger partial charge in [-0.15, -0.1) is 0 Å². The van der Waals surface area contributed by atoms with E-state index in [0.29, 0.717) is 42.1 Å². The van der Waals surface area contributed by atoms with Crippen molar-refractivity contribution in [2.24, 2.45) is 0 Å². The van der Waals surface area contributed by atoms with Gasteiger partial charge in [0.05, 0.1) is 24.6 Å². The van der Waals surface area contributed by atoms with E-state index in [1.807, 2.05) is 6.92 Å². The number of hydrogen-bond donors (Lipinski definition) is 0. The average Bonchev–Trinajstić information content (AvgIpc) is 2.81. The van der Waals surface area contributed by atoms with Crippen molar-refractivity contribution in [2.75, 3.05) is 6.61 Å². The molecule has 33 heavy (non-hydrogen) atoms. The molecule has 0 saturated carbocycles. The Morgan fingerprint density at radius 2 is 1.52 bits per heavy atom. The van der Waals surface area contributed by atoms with E-state index in [0.717, 1.165) is 17.2 Å². The molecule has 0 atom stereocenters. The number of aromatic nitrogens is 2. The van der Waals surface area contributed by atoms with Crippen LogP contribution in [-0.4, -0.2) is 16.6 Å². The monoisotopic (exact) mass is 446 g/mol. The summed E-state index contributed by atoms with van der Waals surface area (Å²) >= 11 is 0. The van der Waals surface area contributed by atoms with Crippen LogP contribution in [0.4, 0.5) is 13.2 Å². The van der Waals surface area contributed by atoms with Crippen molar-refractivity contribution >= 4 is 10.8 Å². The maximum atomic E-state index is 14.6. The first-order valence-electron chi connectivity index (χ1n) is 10.6. The van der Waals surface area contributed by atoms with Gasteiger partial charge in [0.15, 0.2) is 5.75 Å². The molecule has 0 radical (unpaired) electrons. The number of rotatable bonds is 6. The Labute approximate surface area is 190 Å². The number of hydrogen-bond acceptors (Lipinski definition) is 3. The third kappa shape index (κ3) is 5.69. The topological polar surface area (TPSA) is 35.0 Å². The zero-order chi connectivity index (χ0) is 23.2. The second-order valence-corrected chi connectivity index (χ2v) is 7.57. The molecule has 0 saturated heterocycles. The summed E-state index contributed by atoms with van der Waals surface area (Å²) in [7, 11) is 0. The van der Waals surface area contributed by atoms with E-state index >= 15 is 0 Å². The molecule has 1 aromatic heterocycles. The van der Waals surface area contributed by atoms with Gasteiger partial charge in [0.1, 0.15) is 23.3 Å². The van der Waals surface area contributed by atoms with E-state index in [2.05, 4.69) is 21.8 Å². The van der Waals surface area contributed by atoms with Crippen LogP contribution < -0.4 is 4.74 Å². The lowest BCUT2D eigenvalue weighted by Gasteiger charge is -2.06. The summed E-state index contributed by atoms with van der Waals surface area (Å²) < 4.78 is 47.9. The van der Waals surface area contributed by atoms with Gasteiger partial charge in [0.2, 0.25) is 0 Å². The quantitative estimate of drug-likeness (QED) is 0.340. The summed E-state index contributed by atoms with van der Waals surface area (Å²) in [5.74, 6) is 4.78. The number of fused-ring (bicyclic) bond motifs is 1. The Bertz CT molecular complexity index is 1320. The number of benzene rings is 3. The average molecular weight is 446 g/mol. The molecule has 0 aliphatic rings. The number of nitrogens with zero attached hydrogens (tertiary/aromatic N) is 2. The standard InChI is InChI=1S/C27H21F3N2O/c1-2-11-33-23-16-31-27(32-17-23)10-5-19-13-25(29)24(26(30)14-19)9-4-18-3-6-21-15-22(28)8-7-20(21)12-18/h3,6-8,12-17H,2,5,10-11H2,1H3. The smallest absolute Gasteiger partial charge is 0.155 e. The van der Waals surface area contributed by atoms with Crippen molar-refractivity contribution in [1.82, 2.24) is 9.97 Å². The Balaban J connectivity index is 1.46. The van der Waals surface area contributed by atoms with E-state index in [4.69, 9.17) is 4.74 Å². The lowest BCUT2D eigenvalue weighted by atomic mass is 10.0. The van der Waals surface area contributed by atoms with Gasteiger partial charge in [-0.05, 0) is 65.6 Å². The van der Waals surface area contributed by atoms with Crippen LogP contribution in [-0.2, 0) is 12.8 Å². The minimum Gasteiger partial charge on any atom is -0.490 e. The highest BCUT2D eigenvalue weighted by Gasteiger charge is 2.10. The van der Waals surface area contributed by atoms with Crippen molar-refractivity contribution in [3.05, 3.63) is 101 Å². The molecule has 166 valence electrons. The van der Waals surface area contributed by atoms with Crippen molar-refractivity contribution in [1.29, 1.82) is 0 Å². The van der Waals surface area contributed by atoms with Gasteiger partial charge in [0, 0.05) is 12.0 Å². The minimum absolute atomic E-state index is 0.286. The molecule has 0 unspecified atom stereocenters. The Kier molecular flexibility index (Phi) is 6.89. The van der Waals surface area contributed by atoms with Crippen molar-refractivity contribution < 1.29 is 17.9 Å². The summed E-state index contributed by atoms with van der Waals surface area (Å²) in [6, 6.07) is 12.2. The number of ether oxygens (including phenoxy) is 1. The molecule has 4 aromatic rings. The Morgan fingerprint density at radius 3 is 2.24 bits per heavy atom. The second-order valence-electron chi connectivity index (χ2n) is 7.57. The predicted octanol–water partition coefficient (Wildman–Crippen LogP) is 6.02. The van der Waals surface area contributed by atoms with Crippen LogP contribution in [0.5, 0.6) is 5.75 Å². The highest BCUT2D eigenvalue weighted by atomic mass is 19.1. The first-order valence-corrected chi connectivity index (χ1v) is 10.6. The van der Waals surface area contributed by atoms with Crippen LogP contribution >= 0.6 is 0 Å². The van der Waals surface area contributed by atoms with E-state index in [9.17, 15) is 13.2 Å². The van der Waals surface area contributed by atoms with E-state index in [1.54, 1.807) is 36.7 Å². The second kappa shape index (κ2) is 10.2. The molecule has 0 N–H and O–H groups in total. The maximum Gasteiger partial charge on any atom is 0.155 e. The summed E-state index contributed by atoms with van der Waals surface area (Å²) in [5.41, 5.74) is 0.797. The van der Waals surface area contributed by atoms with Gasteiger partial charge >= 0.3 is 0 Å². The summed E-state index contributed by atoms with van der Waals surface area (Å²) in [6.45, 7) is 2.61. The minimum atomic E-state index is -0.718. The van der Waals surface area contributed by atoms with Crippen LogP contribution in [0, 0.1) is 29.3 Å². The third-order valence-electron chi connectivity index (χ3n) is 5.03. The molecule has 0 amide bonds. The third-order valence-corrected chi connectivity index (χ3v) is 5.03. The number of halogens is 3. The normalized spacial score (nSPS) is 10.7. The largest absolute Gasteiger partial charge is 0.490 e. The van der Waals surface area contributed by atoms with Crippen LogP contribution in [0.1, 0.15) is 35.9 Å². The molecule has 0 aliphatic carbocycles. The van der Waals surface area contributed by atoms with Gasteiger partial charge in [0.25, 0.3) is 0 Å². The molecule has 0 spiro atoms. The first-order chi connectivity index (χ1) is 16.0. The molecular formula is C27H21F3N2O. The molecule has 0 aliphatic heterocycles. The van der Waals surface area contributed by atoms with Crippen molar-refractivity contribution in [2.45, 2.75) is 26.2 Å². The van der Waals surface area contributed by atoms with Gasteiger partial charge in [-0.25, -0.2) is 23.1 Å². The zero-order valence-electron chi connectivity index (χ0n) is 18.0. The molecule has 3 aromatic carbocycles. The van der Waals surface area contributed by atoms with Crippen LogP contribution in [0.3, 0.4) is 0 Å². The summed E-state index contributed by atoms with van der Waals surface area (Å²) in [5, 5.41) is 1.53. The number of aryl methyl sites for hydroxylation is 2. The summed E-state index contributed by atoms with van der Waals surface area (Å²) in [6.07, 6.45) is 4.92. The molecule has 4 rings (SSSR count). The SMILES string of the molecule is CCCOc1cnc(CCc2cc(F)c(C#Cc3ccc4cc(F)ccc4c3)c(F)c2)nc1. The molecule has 3 nitrogen and oxygen atoms in total. The molecule has 0 fully saturated rings. The lowest BCUT2D eigenvalue weighted by Crippen LogP contribution is -2.02. The predicted molar refractivity (Wildman–Crippen MR) is 121 cm³/mol. The fourth-order valence-electron chi connectivity index (χ4n) is 3.34. The fraction of sp³-hybridized carbons (Fsp3) is 0.185. The Morgan fingerprint density at radius 1 is 0.818 bits per heavy atom. The van der Waals surface area contributed by atoms with Gasteiger partial charge in [-0.2, -0.15) is 0 Å². The molecular weight excluding hydrogens is 425 g/mol. The van der Waals surface area contributed by atoms with Gasteiger partial charge in [-0.1, -0.05) is 30.9 Å². The highest BCUT2D eigenvalue weighted by Crippen LogP contribution is 2.19. The van der Waals surface area contributed by atoms with Crippen molar-refractivity contribution in [3.8, 4) is 17.6 Å². The lowest BCUT2D eigenvalue weighted by molar-refractivity contribution is 0.314. The van der Waals surface area contributed by atoms with Gasteiger partial charge in [-0.3, -0.25) is 0 Å². The highest BCUT2D eigenvalue weighted by molar-refractivity contribution is 5.84. The van der Waals surface area contributed by atoms with Crippen LogP contribution in [0.15, 0.2) is 60.9 Å². The molecule has 1 heterocycles.